The summed E-state index contributed by atoms with van der Waals surface area (Å²) >= 11 is 0. The Bertz CT molecular complexity index is 986. The lowest BCUT2D eigenvalue weighted by atomic mass is 9.95. The Kier molecular flexibility index (Phi) is 6.57. The molecule has 1 aliphatic rings. The summed E-state index contributed by atoms with van der Waals surface area (Å²) in [6, 6.07) is 8.47. The van der Waals surface area contributed by atoms with Crippen LogP contribution in [0.2, 0.25) is 0 Å². The summed E-state index contributed by atoms with van der Waals surface area (Å²) in [7, 11) is 2.84. The summed E-state index contributed by atoms with van der Waals surface area (Å²) in [5.41, 5.74) is 2.31. The molecule has 3 rings (SSSR count). The fraction of sp³-hybridized carbons (Fsp3) is 0.333. The molecule has 2 aromatic carbocycles. The van der Waals surface area contributed by atoms with Crippen molar-refractivity contribution >= 4 is 11.9 Å². The zero-order valence-electron chi connectivity index (χ0n) is 16.7. The first kappa shape index (κ1) is 22.3. The van der Waals surface area contributed by atoms with Crippen molar-refractivity contribution < 1.29 is 46.4 Å². The Morgan fingerprint density at radius 3 is 2.42 bits per heavy atom. The van der Waals surface area contributed by atoms with Crippen molar-refractivity contribution in [3.05, 3.63) is 41.5 Å². The van der Waals surface area contributed by atoms with Crippen LogP contribution < -0.4 is 14.2 Å². The van der Waals surface area contributed by atoms with E-state index in [9.17, 15) is 22.8 Å². The van der Waals surface area contributed by atoms with Gasteiger partial charge in [0, 0.05) is 11.1 Å². The van der Waals surface area contributed by atoms with Crippen LogP contribution in [0.25, 0.3) is 11.1 Å². The average molecular weight is 440 g/mol. The third-order valence-corrected chi connectivity index (χ3v) is 4.47. The number of benzene rings is 2. The van der Waals surface area contributed by atoms with Crippen LogP contribution in [0.15, 0.2) is 30.3 Å². The summed E-state index contributed by atoms with van der Waals surface area (Å²) < 4.78 is 62.8. The smallest absolute Gasteiger partial charge is 0.399 e. The quantitative estimate of drug-likeness (QED) is 0.455. The number of cyclic esters (lactones) is 1. The lowest BCUT2D eigenvalue weighted by Gasteiger charge is -2.19. The highest BCUT2D eigenvalue weighted by molar-refractivity contribution is 5.96. The van der Waals surface area contributed by atoms with Crippen LogP contribution in [0.4, 0.5) is 13.2 Å². The second-order valence-corrected chi connectivity index (χ2v) is 6.45. The number of hydrogen-bond donors (Lipinski definition) is 0. The molecule has 0 atom stereocenters. The maximum atomic E-state index is 12.2. The molecule has 0 spiro atoms. The van der Waals surface area contributed by atoms with E-state index < -0.39 is 31.1 Å². The van der Waals surface area contributed by atoms with Crippen LogP contribution >= 0.6 is 0 Å². The number of fused-ring (bicyclic) bond motifs is 1. The van der Waals surface area contributed by atoms with Gasteiger partial charge in [0.1, 0.15) is 26.2 Å². The molecule has 0 fully saturated rings. The molecule has 31 heavy (non-hydrogen) atoms. The van der Waals surface area contributed by atoms with Crippen LogP contribution in [-0.4, -0.2) is 45.5 Å². The number of carbonyl (C=O) groups is 2. The number of halogens is 3. The average Bonchev–Trinajstić information content (AvgIpc) is 3.10. The van der Waals surface area contributed by atoms with E-state index in [0.29, 0.717) is 28.0 Å². The number of methoxy groups -OCH3 is 2. The molecule has 0 amide bonds. The second-order valence-electron chi connectivity index (χ2n) is 6.45. The molecule has 0 saturated carbocycles. The predicted octanol–water partition coefficient (Wildman–Crippen LogP) is 3.92. The monoisotopic (exact) mass is 440 g/mol. The van der Waals surface area contributed by atoms with Gasteiger partial charge in [0.15, 0.2) is 11.5 Å². The summed E-state index contributed by atoms with van der Waals surface area (Å²) in [4.78, 5) is 23.2. The van der Waals surface area contributed by atoms with E-state index in [1.54, 1.807) is 30.3 Å². The van der Waals surface area contributed by atoms with Gasteiger partial charge in [-0.3, -0.25) is 4.79 Å². The molecule has 7 nitrogen and oxygen atoms in total. The lowest BCUT2D eigenvalue weighted by molar-refractivity contribution is -0.171. The van der Waals surface area contributed by atoms with E-state index in [-0.39, 0.29) is 24.7 Å². The SMILES string of the molecule is COc1ccc(-c2cccc3c2COC3=O)c(OCCOC(=O)CC(F)(F)F)c1OC. The molecule has 0 unspecified atom stereocenters. The first-order valence-corrected chi connectivity index (χ1v) is 9.14. The molecule has 0 N–H and O–H groups in total. The van der Waals surface area contributed by atoms with Crippen molar-refractivity contribution in [3.63, 3.8) is 0 Å². The largest absolute Gasteiger partial charge is 0.493 e. The first-order valence-electron chi connectivity index (χ1n) is 9.14. The van der Waals surface area contributed by atoms with Crippen molar-refractivity contribution in [1.82, 2.24) is 0 Å². The molecule has 1 aliphatic heterocycles. The molecule has 10 heteroatoms. The standard InChI is InChI=1S/C21H19F3O7/c1-27-16-7-6-13(12-4-3-5-14-15(12)11-31-20(14)26)18(19(16)28-2)30-9-8-29-17(25)10-21(22,23)24/h3-7H,8-11H2,1-2H3. The van der Waals surface area contributed by atoms with E-state index in [0.717, 1.165) is 0 Å². The normalized spacial score (nSPS) is 12.7. The van der Waals surface area contributed by atoms with Crippen molar-refractivity contribution in [3.8, 4) is 28.4 Å². The van der Waals surface area contributed by atoms with E-state index in [4.69, 9.17) is 18.9 Å². The summed E-state index contributed by atoms with van der Waals surface area (Å²) in [6.07, 6.45) is -6.32. The molecule has 166 valence electrons. The Labute approximate surface area is 175 Å². The number of hydrogen-bond acceptors (Lipinski definition) is 7. The van der Waals surface area contributed by atoms with Crippen LogP contribution in [0.1, 0.15) is 22.3 Å². The summed E-state index contributed by atoms with van der Waals surface area (Å²) in [5.74, 6) is -1.01. The molecular weight excluding hydrogens is 421 g/mol. The molecule has 0 saturated heterocycles. The van der Waals surface area contributed by atoms with Crippen molar-refractivity contribution in [2.75, 3.05) is 27.4 Å². The number of esters is 2. The van der Waals surface area contributed by atoms with E-state index in [1.807, 2.05) is 0 Å². The minimum absolute atomic E-state index is 0.0905. The summed E-state index contributed by atoms with van der Waals surface area (Å²) in [6.45, 7) is -0.541. The van der Waals surface area contributed by atoms with Crippen LogP contribution in [0, 0.1) is 0 Å². The van der Waals surface area contributed by atoms with E-state index in [1.165, 1.54) is 14.2 Å². The zero-order valence-corrected chi connectivity index (χ0v) is 16.7. The first-order chi connectivity index (χ1) is 14.7. The third-order valence-electron chi connectivity index (χ3n) is 4.47. The Morgan fingerprint density at radius 2 is 1.74 bits per heavy atom. The van der Waals surface area contributed by atoms with Crippen LogP contribution in [0.3, 0.4) is 0 Å². The Balaban J connectivity index is 1.87. The highest BCUT2D eigenvalue weighted by atomic mass is 19.4. The fourth-order valence-corrected chi connectivity index (χ4v) is 3.17. The van der Waals surface area contributed by atoms with Gasteiger partial charge in [-0.1, -0.05) is 12.1 Å². The zero-order chi connectivity index (χ0) is 22.6. The number of alkyl halides is 3. The lowest BCUT2D eigenvalue weighted by Crippen LogP contribution is -2.19. The number of ether oxygens (including phenoxy) is 5. The Hall–Kier alpha value is -3.43. The van der Waals surface area contributed by atoms with Crippen molar-refractivity contribution in [1.29, 1.82) is 0 Å². The Morgan fingerprint density at radius 1 is 1.00 bits per heavy atom. The highest BCUT2D eigenvalue weighted by Gasteiger charge is 2.32. The topological polar surface area (TPSA) is 80.3 Å². The molecule has 0 aromatic heterocycles. The van der Waals surface area contributed by atoms with Gasteiger partial charge in [-0.2, -0.15) is 13.2 Å². The molecule has 0 bridgehead atoms. The van der Waals surface area contributed by atoms with Gasteiger partial charge in [0.05, 0.1) is 19.8 Å². The maximum Gasteiger partial charge on any atom is 0.399 e. The number of carbonyl (C=O) groups excluding carboxylic acids is 2. The second kappa shape index (κ2) is 9.15. The van der Waals surface area contributed by atoms with Crippen LogP contribution in [0.5, 0.6) is 17.2 Å². The molecular formula is C21H19F3O7. The van der Waals surface area contributed by atoms with E-state index in [2.05, 4.69) is 4.74 Å². The van der Waals surface area contributed by atoms with Gasteiger partial charge in [-0.05, 0) is 23.8 Å². The van der Waals surface area contributed by atoms with Gasteiger partial charge in [0.25, 0.3) is 0 Å². The molecule has 2 aromatic rings. The van der Waals surface area contributed by atoms with Gasteiger partial charge in [0.2, 0.25) is 5.75 Å². The summed E-state index contributed by atoms with van der Waals surface area (Å²) in [5, 5.41) is 0. The molecule has 1 heterocycles. The van der Waals surface area contributed by atoms with Crippen LogP contribution in [-0.2, 0) is 20.9 Å². The predicted molar refractivity (Wildman–Crippen MR) is 101 cm³/mol. The number of rotatable bonds is 8. The van der Waals surface area contributed by atoms with Crippen molar-refractivity contribution in [2.24, 2.45) is 0 Å². The van der Waals surface area contributed by atoms with Crippen molar-refractivity contribution in [2.45, 2.75) is 19.2 Å². The highest BCUT2D eigenvalue weighted by Crippen LogP contribution is 2.46. The molecule has 0 aliphatic carbocycles. The third kappa shape index (κ3) is 5.01. The maximum absolute atomic E-state index is 12.2. The molecule has 0 radical (unpaired) electrons. The van der Waals surface area contributed by atoms with Gasteiger partial charge in [-0.15, -0.1) is 0 Å². The minimum Gasteiger partial charge on any atom is -0.493 e. The fourth-order valence-electron chi connectivity index (χ4n) is 3.17. The van der Waals surface area contributed by atoms with E-state index >= 15 is 0 Å². The van der Waals surface area contributed by atoms with Gasteiger partial charge in [-0.25, -0.2) is 4.79 Å². The van der Waals surface area contributed by atoms with Gasteiger partial charge < -0.3 is 23.7 Å². The minimum atomic E-state index is -4.64. The van der Waals surface area contributed by atoms with Gasteiger partial charge >= 0.3 is 18.1 Å².